The van der Waals surface area contributed by atoms with Gasteiger partial charge in [0.25, 0.3) is 0 Å². The summed E-state index contributed by atoms with van der Waals surface area (Å²) in [5.74, 6) is 0.410. The van der Waals surface area contributed by atoms with Crippen LogP contribution in [0.4, 0.5) is 0 Å². The zero-order valence-corrected chi connectivity index (χ0v) is 13.4. The van der Waals surface area contributed by atoms with Crippen molar-refractivity contribution in [2.45, 2.75) is 13.8 Å². The van der Waals surface area contributed by atoms with E-state index in [2.05, 4.69) is 60.7 Å². The Morgan fingerprint density at radius 1 is 0.727 bits per heavy atom. The van der Waals surface area contributed by atoms with Crippen molar-refractivity contribution >= 4 is 30.6 Å². The molecule has 0 aliphatic rings. The summed E-state index contributed by atoms with van der Waals surface area (Å²) < 4.78 is 2.77. The summed E-state index contributed by atoms with van der Waals surface area (Å²) in [5.41, 5.74) is 1.90. The number of benzene rings is 3. The maximum absolute atomic E-state index is 10.1. The summed E-state index contributed by atoms with van der Waals surface area (Å²) in [6.07, 6.45) is 0. The van der Waals surface area contributed by atoms with Crippen LogP contribution in [0, 0.1) is 13.8 Å². The molecule has 0 saturated carbocycles. The Balaban J connectivity index is 2.17. The number of hydrogen-bond acceptors (Lipinski definition) is 1. The van der Waals surface area contributed by atoms with E-state index in [4.69, 9.17) is 0 Å². The van der Waals surface area contributed by atoms with E-state index in [9.17, 15) is 5.11 Å². The Hall–Kier alpha value is -2.32. The van der Waals surface area contributed by atoms with Crippen LogP contribution < -0.4 is 0 Å². The van der Waals surface area contributed by atoms with Crippen LogP contribution in [0.1, 0.15) is 11.1 Å². The van der Waals surface area contributed by atoms with Crippen molar-refractivity contribution in [3.05, 3.63) is 71.8 Å². The number of fused-ring (bicyclic) bond motifs is 3. The van der Waals surface area contributed by atoms with Gasteiger partial charge in [-0.25, -0.2) is 0 Å². The lowest BCUT2D eigenvalue weighted by atomic mass is 10.1. The molecule has 1 nitrogen and oxygen atoms in total. The summed E-state index contributed by atoms with van der Waals surface area (Å²) in [6, 6.07) is 21.6. The highest BCUT2D eigenvalue weighted by Gasteiger charge is 2.24. The number of rotatable bonds is 1. The van der Waals surface area contributed by atoms with Gasteiger partial charge in [0.05, 0.1) is 0 Å². The van der Waals surface area contributed by atoms with Crippen molar-refractivity contribution in [1.29, 1.82) is 0 Å². The molecule has 3 aromatic carbocycles. The molecule has 0 aliphatic heterocycles. The van der Waals surface area contributed by atoms with E-state index < -0.39 is 0 Å². The van der Waals surface area contributed by atoms with E-state index in [0.29, 0.717) is 5.75 Å². The Morgan fingerprint density at radius 3 is 1.68 bits per heavy atom. The SMILES string of the molecule is Cc1cc(-[s+]2c3ccccc3c3ccccc32)cc(C)c1O. The van der Waals surface area contributed by atoms with Crippen LogP contribution in [0.3, 0.4) is 0 Å². The highest BCUT2D eigenvalue weighted by molar-refractivity contribution is 7.50. The molecular weight excluding hydrogens is 288 g/mol. The van der Waals surface area contributed by atoms with Gasteiger partial charge in [-0.05, 0) is 49.2 Å². The number of aryl methyl sites for hydroxylation is 2. The lowest BCUT2D eigenvalue weighted by molar-refractivity contribution is 0.467. The fourth-order valence-corrected chi connectivity index (χ4v) is 5.70. The van der Waals surface area contributed by atoms with E-state index >= 15 is 0 Å². The van der Waals surface area contributed by atoms with Crippen LogP contribution in [0.15, 0.2) is 60.7 Å². The second-order valence-corrected chi connectivity index (χ2v) is 7.67. The van der Waals surface area contributed by atoms with Crippen molar-refractivity contribution in [3.63, 3.8) is 0 Å². The predicted molar refractivity (Wildman–Crippen MR) is 96.4 cm³/mol. The average molecular weight is 305 g/mol. The molecule has 4 aromatic rings. The minimum atomic E-state index is -0.0805. The molecular formula is C20H17OS+. The van der Waals surface area contributed by atoms with Gasteiger partial charge in [0.1, 0.15) is 5.75 Å². The molecule has 108 valence electrons. The summed E-state index contributed by atoms with van der Waals surface area (Å²) >= 11 is 0. The molecule has 22 heavy (non-hydrogen) atoms. The van der Waals surface area contributed by atoms with Gasteiger partial charge in [-0.3, -0.25) is 0 Å². The van der Waals surface area contributed by atoms with E-state index in [1.165, 1.54) is 25.1 Å². The average Bonchev–Trinajstić information content (AvgIpc) is 2.87. The van der Waals surface area contributed by atoms with E-state index in [-0.39, 0.29) is 10.5 Å². The molecule has 1 N–H and O–H groups in total. The van der Waals surface area contributed by atoms with Gasteiger partial charge in [-0.15, -0.1) is 0 Å². The monoisotopic (exact) mass is 305 g/mol. The highest BCUT2D eigenvalue weighted by atomic mass is 32.2. The van der Waals surface area contributed by atoms with Crippen molar-refractivity contribution in [1.82, 2.24) is 0 Å². The maximum atomic E-state index is 10.1. The van der Waals surface area contributed by atoms with Gasteiger partial charge >= 0.3 is 0 Å². The van der Waals surface area contributed by atoms with Crippen molar-refractivity contribution in [2.24, 2.45) is 0 Å². The number of phenols is 1. The third-order valence-electron chi connectivity index (χ3n) is 4.20. The van der Waals surface area contributed by atoms with Gasteiger partial charge in [-0.2, -0.15) is 0 Å². The molecule has 0 fully saturated rings. The van der Waals surface area contributed by atoms with Gasteiger partial charge in [-0.1, -0.05) is 24.3 Å². The number of thiophene rings is 1. The first-order chi connectivity index (χ1) is 10.7. The first-order valence-corrected chi connectivity index (χ1v) is 8.62. The second kappa shape index (κ2) is 4.85. The minimum absolute atomic E-state index is 0.0805. The quantitative estimate of drug-likeness (QED) is 0.424. The molecule has 0 saturated heterocycles. The molecule has 0 atom stereocenters. The molecule has 0 spiro atoms. The van der Waals surface area contributed by atoms with Crippen LogP contribution in [-0.2, 0) is 0 Å². The summed E-state index contributed by atoms with van der Waals surface area (Å²) in [5, 5.41) is 12.7. The fraction of sp³-hybridized carbons (Fsp3) is 0.100. The van der Waals surface area contributed by atoms with Crippen LogP contribution in [0.25, 0.3) is 25.1 Å². The molecule has 0 unspecified atom stereocenters. The summed E-state index contributed by atoms with van der Waals surface area (Å²) in [4.78, 5) is 1.28. The first kappa shape index (κ1) is 13.4. The van der Waals surface area contributed by atoms with Crippen LogP contribution in [0.2, 0.25) is 0 Å². The molecule has 1 heterocycles. The Labute approximate surface area is 132 Å². The molecule has 4 rings (SSSR count). The third kappa shape index (κ3) is 1.84. The normalized spacial score (nSPS) is 11.4. The topological polar surface area (TPSA) is 20.2 Å². The van der Waals surface area contributed by atoms with Crippen LogP contribution >= 0.6 is 10.5 Å². The Kier molecular flexibility index (Phi) is 2.95. The van der Waals surface area contributed by atoms with Crippen molar-refractivity contribution in [2.75, 3.05) is 0 Å². The third-order valence-corrected chi connectivity index (χ3v) is 6.50. The van der Waals surface area contributed by atoms with Crippen LogP contribution in [-0.4, -0.2) is 5.11 Å². The smallest absolute Gasteiger partial charge is 0.187 e. The molecule has 0 bridgehead atoms. The number of hydrogen-bond donors (Lipinski definition) is 1. The summed E-state index contributed by atoms with van der Waals surface area (Å²) in [7, 11) is -0.0805. The maximum Gasteiger partial charge on any atom is 0.187 e. The Bertz CT molecular complexity index is 935. The second-order valence-electron chi connectivity index (χ2n) is 5.70. The first-order valence-electron chi connectivity index (χ1n) is 7.40. The predicted octanol–water partition coefficient (Wildman–Crippen LogP) is 6.05. The van der Waals surface area contributed by atoms with Crippen molar-refractivity contribution < 1.29 is 5.11 Å². The van der Waals surface area contributed by atoms with Gasteiger partial charge in [0, 0.05) is 33.4 Å². The van der Waals surface area contributed by atoms with Gasteiger partial charge in [0.15, 0.2) is 14.3 Å². The van der Waals surface area contributed by atoms with Crippen LogP contribution in [0.5, 0.6) is 5.75 Å². The molecule has 1 aromatic heterocycles. The van der Waals surface area contributed by atoms with Crippen molar-refractivity contribution in [3.8, 4) is 10.6 Å². The minimum Gasteiger partial charge on any atom is -0.507 e. The van der Waals surface area contributed by atoms with E-state index in [0.717, 1.165) is 11.1 Å². The van der Waals surface area contributed by atoms with Gasteiger partial charge < -0.3 is 5.11 Å². The summed E-state index contributed by atoms with van der Waals surface area (Å²) in [6.45, 7) is 3.95. The molecule has 0 radical (unpaired) electrons. The van der Waals surface area contributed by atoms with Gasteiger partial charge in [0.2, 0.25) is 0 Å². The van der Waals surface area contributed by atoms with E-state index in [1.54, 1.807) is 0 Å². The lowest BCUT2D eigenvalue weighted by Crippen LogP contribution is -1.82. The van der Waals surface area contributed by atoms with E-state index in [1.807, 2.05) is 13.8 Å². The lowest BCUT2D eigenvalue weighted by Gasteiger charge is -2.03. The number of aromatic hydroxyl groups is 1. The zero-order valence-electron chi connectivity index (χ0n) is 12.6. The molecule has 2 heteroatoms. The zero-order chi connectivity index (χ0) is 15.3. The Morgan fingerprint density at radius 2 is 1.18 bits per heavy atom. The number of phenolic OH excluding ortho intramolecular Hbond substituents is 1. The molecule has 0 amide bonds. The fourth-order valence-electron chi connectivity index (χ4n) is 3.14. The highest BCUT2D eigenvalue weighted by Crippen LogP contribution is 2.49. The largest absolute Gasteiger partial charge is 0.507 e. The molecule has 0 aliphatic carbocycles. The standard InChI is InChI=1S/C20H16OS/c1-13-11-15(12-14(2)20(13)21)22-18-9-5-3-7-16(18)17-8-4-6-10-19(17)22/h3-12H,1-2H3/p+1.